The molecule has 2 aliphatic rings. The topological polar surface area (TPSA) is 38.8 Å². The number of carbonyl (C=O) groups is 1. The van der Waals surface area contributed by atoms with Gasteiger partial charge in [-0.25, -0.2) is 0 Å². The Bertz CT molecular complexity index is 455. The van der Waals surface area contributed by atoms with Crippen LogP contribution in [0.5, 0.6) is 0 Å². The second-order valence-corrected chi connectivity index (χ2v) is 6.45. The van der Waals surface area contributed by atoms with Gasteiger partial charge in [-0.05, 0) is 30.7 Å². The summed E-state index contributed by atoms with van der Waals surface area (Å²) in [5, 5.41) is 0. The molecule has 2 heterocycles. The number of rotatable bonds is 4. The van der Waals surface area contributed by atoms with Crippen LogP contribution in [0.15, 0.2) is 30.3 Å². The summed E-state index contributed by atoms with van der Waals surface area (Å²) < 4.78 is 10.0. The number of likely N-dealkylation sites (tertiary alicyclic amines) is 1. The summed E-state index contributed by atoms with van der Waals surface area (Å²) in [6.07, 6.45) is 3.24. The Hall–Kier alpha value is -1.23. The number of aldehydes is 1. The molecule has 1 atom stereocenters. The summed E-state index contributed by atoms with van der Waals surface area (Å²) >= 11 is 0. The average Bonchev–Trinajstić information content (AvgIpc) is 2.93. The summed E-state index contributed by atoms with van der Waals surface area (Å²) in [5.41, 5.74) is 1.51. The number of ether oxygens (including phenoxy) is 2. The van der Waals surface area contributed by atoms with Crippen LogP contribution in [0.4, 0.5) is 0 Å². The van der Waals surface area contributed by atoms with E-state index in [0.29, 0.717) is 0 Å². The van der Waals surface area contributed by atoms with Crippen LogP contribution >= 0.6 is 0 Å². The van der Waals surface area contributed by atoms with E-state index in [1.165, 1.54) is 11.8 Å². The van der Waals surface area contributed by atoms with Gasteiger partial charge in [0, 0.05) is 52.5 Å². The van der Waals surface area contributed by atoms with Crippen molar-refractivity contribution in [1.82, 2.24) is 4.90 Å². The minimum Gasteiger partial charge on any atom is -0.385 e. The molecule has 1 unspecified atom stereocenters. The lowest BCUT2D eigenvalue weighted by molar-refractivity contribution is -0.115. The largest absolute Gasteiger partial charge is 0.385 e. The number of carbonyl (C=O) groups excluding carboxylic acids is 1. The third kappa shape index (κ3) is 4.87. The molecule has 0 aliphatic carbocycles. The van der Waals surface area contributed by atoms with E-state index in [0.717, 1.165) is 52.3 Å². The van der Waals surface area contributed by atoms with Gasteiger partial charge in [-0.2, -0.15) is 0 Å². The van der Waals surface area contributed by atoms with E-state index in [2.05, 4.69) is 33.9 Å². The van der Waals surface area contributed by atoms with Crippen molar-refractivity contribution in [3.8, 4) is 0 Å². The second-order valence-electron chi connectivity index (χ2n) is 6.45. The average molecular weight is 319 g/mol. The van der Waals surface area contributed by atoms with E-state index in [1.807, 2.05) is 13.0 Å². The van der Waals surface area contributed by atoms with Gasteiger partial charge in [-0.15, -0.1) is 0 Å². The smallest absolute Gasteiger partial charge is 0.124 e. The molecule has 3 rings (SSSR count). The molecule has 4 nitrogen and oxygen atoms in total. The predicted octanol–water partition coefficient (Wildman–Crippen LogP) is 2.77. The molecular weight excluding hydrogens is 290 g/mol. The zero-order chi connectivity index (χ0) is 16.5. The quantitative estimate of drug-likeness (QED) is 0.800. The van der Waals surface area contributed by atoms with Gasteiger partial charge in [0.1, 0.15) is 6.29 Å². The van der Waals surface area contributed by atoms with Gasteiger partial charge in [0.25, 0.3) is 0 Å². The maximum Gasteiger partial charge on any atom is 0.124 e. The molecule has 2 fully saturated rings. The lowest BCUT2D eigenvalue weighted by Gasteiger charge is -2.36. The van der Waals surface area contributed by atoms with Crippen LogP contribution in [0.25, 0.3) is 0 Å². The standard InChI is InChI=1S/C16H21NO2.C3H8O/c18-12-15-11-17(10-14-4-2-1-3-5-14)13-16(15)6-8-19-9-7-16;1-3-4-2/h1-5,12,15H,6-11,13H2;3H2,1-2H3. The highest BCUT2D eigenvalue weighted by molar-refractivity contribution is 5.56. The van der Waals surface area contributed by atoms with Crippen molar-refractivity contribution in [3.63, 3.8) is 0 Å². The van der Waals surface area contributed by atoms with Crippen LogP contribution in [0.1, 0.15) is 25.3 Å². The van der Waals surface area contributed by atoms with Crippen molar-refractivity contribution in [1.29, 1.82) is 0 Å². The number of nitrogens with zero attached hydrogens (tertiary/aromatic N) is 1. The molecule has 0 radical (unpaired) electrons. The highest BCUT2D eigenvalue weighted by atomic mass is 16.5. The van der Waals surface area contributed by atoms with Gasteiger partial charge in [-0.1, -0.05) is 30.3 Å². The van der Waals surface area contributed by atoms with E-state index in [-0.39, 0.29) is 11.3 Å². The van der Waals surface area contributed by atoms with Crippen molar-refractivity contribution < 1.29 is 14.3 Å². The Labute approximate surface area is 139 Å². The van der Waals surface area contributed by atoms with Crippen LogP contribution in [0, 0.1) is 11.3 Å². The van der Waals surface area contributed by atoms with E-state index in [1.54, 1.807) is 7.11 Å². The van der Waals surface area contributed by atoms with Gasteiger partial charge >= 0.3 is 0 Å². The maximum absolute atomic E-state index is 11.4. The molecule has 1 spiro atoms. The molecule has 0 saturated carbocycles. The monoisotopic (exact) mass is 319 g/mol. The Kier molecular flexibility index (Phi) is 7.21. The third-order valence-electron chi connectivity index (χ3n) is 4.97. The number of hydrogen-bond acceptors (Lipinski definition) is 4. The highest BCUT2D eigenvalue weighted by Crippen LogP contribution is 2.43. The molecule has 0 amide bonds. The van der Waals surface area contributed by atoms with Crippen molar-refractivity contribution in [2.24, 2.45) is 11.3 Å². The van der Waals surface area contributed by atoms with Gasteiger partial charge < -0.3 is 14.3 Å². The lowest BCUT2D eigenvalue weighted by Crippen LogP contribution is -2.37. The zero-order valence-electron chi connectivity index (χ0n) is 14.4. The van der Waals surface area contributed by atoms with Crippen molar-refractivity contribution in [2.45, 2.75) is 26.3 Å². The Morgan fingerprint density at radius 2 is 1.96 bits per heavy atom. The molecule has 0 bridgehead atoms. The van der Waals surface area contributed by atoms with Crippen LogP contribution in [0.2, 0.25) is 0 Å². The molecule has 4 heteroatoms. The molecule has 1 aromatic rings. The van der Waals surface area contributed by atoms with Crippen molar-refractivity contribution in [3.05, 3.63) is 35.9 Å². The Morgan fingerprint density at radius 3 is 2.52 bits per heavy atom. The molecule has 2 aliphatic heterocycles. The molecule has 2 saturated heterocycles. The molecule has 0 N–H and O–H groups in total. The Morgan fingerprint density at radius 1 is 1.30 bits per heavy atom. The summed E-state index contributed by atoms with van der Waals surface area (Å²) in [7, 11) is 1.68. The van der Waals surface area contributed by atoms with Gasteiger partial charge in [0.15, 0.2) is 0 Å². The van der Waals surface area contributed by atoms with Gasteiger partial charge in [0.05, 0.1) is 0 Å². The van der Waals surface area contributed by atoms with E-state index >= 15 is 0 Å². The fourth-order valence-corrected chi connectivity index (χ4v) is 3.56. The van der Waals surface area contributed by atoms with Crippen molar-refractivity contribution in [2.75, 3.05) is 40.0 Å². The first-order valence-corrected chi connectivity index (χ1v) is 8.52. The maximum atomic E-state index is 11.4. The number of methoxy groups -OCH3 is 1. The number of hydrogen-bond donors (Lipinski definition) is 0. The summed E-state index contributed by atoms with van der Waals surface area (Å²) in [6.45, 7) is 7.29. The molecule has 23 heavy (non-hydrogen) atoms. The first kappa shape index (κ1) is 18.1. The van der Waals surface area contributed by atoms with Gasteiger partial charge in [-0.3, -0.25) is 4.90 Å². The van der Waals surface area contributed by atoms with Crippen LogP contribution in [-0.4, -0.2) is 51.2 Å². The fourth-order valence-electron chi connectivity index (χ4n) is 3.56. The van der Waals surface area contributed by atoms with Gasteiger partial charge in [0.2, 0.25) is 0 Å². The van der Waals surface area contributed by atoms with Crippen LogP contribution < -0.4 is 0 Å². The number of benzene rings is 1. The van der Waals surface area contributed by atoms with E-state index in [9.17, 15) is 4.79 Å². The first-order valence-electron chi connectivity index (χ1n) is 8.52. The highest BCUT2D eigenvalue weighted by Gasteiger charge is 2.46. The minimum absolute atomic E-state index is 0.175. The van der Waals surface area contributed by atoms with Crippen LogP contribution in [-0.2, 0) is 20.8 Å². The molecule has 1 aromatic carbocycles. The molecular formula is C19H29NO3. The van der Waals surface area contributed by atoms with Crippen molar-refractivity contribution >= 4 is 6.29 Å². The lowest BCUT2D eigenvalue weighted by atomic mass is 9.73. The van der Waals surface area contributed by atoms with Crippen LogP contribution in [0.3, 0.4) is 0 Å². The summed E-state index contributed by atoms with van der Waals surface area (Å²) in [6, 6.07) is 10.5. The molecule has 128 valence electrons. The Balaban J connectivity index is 0.000000433. The second kappa shape index (κ2) is 9.16. The fraction of sp³-hybridized carbons (Fsp3) is 0.632. The normalized spacial score (nSPS) is 23.3. The summed E-state index contributed by atoms with van der Waals surface area (Å²) in [5.74, 6) is 0.181. The first-order chi connectivity index (χ1) is 11.2. The molecule has 0 aromatic heterocycles. The third-order valence-corrected chi connectivity index (χ3v) is 4.97. The predicted molar refractivity (Wildman–Crippen MR) is 91.3 cm³/mol. The zero-order valence-corrected chi connectivity index (χ0v) is 14.4. The van der Waals surface area contributed by atoms with E-state index < -0.39 is 0 Å². The van der Waals surface area contributed by atoms with E-state index in [4.69, 9.17) is 4.74 Å². The SMILES string of the molecule is CCOC.O=CC1CN(Cc2ccccc2)CC12CCOCC2. The summed E-state index contributed by atoms with van der Waals surface area (Å²) in [4.78, 5) is 13.8. The minimum atomic E-state index is 0.175.